The van der Waals surface area contributed by atoms with Crippen LogP contribution in [0.1, 0.15) is 187 Å². The number of likely N-dealkylation sites (N-methyl/N-ethyl adjacent to an activating group) is 2. The fourth-order valence-corrected chi connectivity index (χ4v) is 13.2. The van der Waals surface area contributed by atoms with E-state index in [-0.39, 0.29) is 61.1 Å². The number of carbonyl (C=O) groups is 1. The number of ether oxygens (including phenoxy) is 7. The van der Waals surface area contributed by atoms with Crippen molar-refractivity contribution >= 4 is 52.4 Å². The van der Waals surface area contributed by atoms with Gasteiger partial charge in [0.1, 0.15) is 17.3 Å². The molecule has 2 aliphatic rings. The molecule has 1 atom stereocenters. The zero-order chi connectivity index (χ0) is 66.4. The van der Waals surface area contributed by atoms with E-state index in [1.54, 1.807) is 59.3 Å². The third-order valence-corrected chi connectivity index (χ3v) is 19.5. The second kappa shape index (κ2) is 40.2. The molecule has 0 N–H and O–H groups in total. The number of methoxy groups -OCH3 is 2. The average molecular weight is 1380 g/mol. The lowest BCUT2D eigenvalue weighted by atomic mass is 9.89. The maximum absolute atomic E-state index is 13.5. The molecule has 0 bridgehead atoms. The summed E-state index contributed by atoms with van der Waals surface area (Å²) in [6.45, 7) is 30.3. The second-order valence-corrected chi connectivity index (χ2v) is 30.3. The Morgan fingerprint density at radius 1 is 0.640 bits per heavy atom. The van der Waals surface area contributed by atoms with Crippen LogP contribution in [0.2, 0.25) is 0 Å². The molecule has 1 aliphatic heterocycles. The summed E-state index contributed by atoms with van der Waals surface area (Å²) >= 11 is 3.27. The SMILES string of the molecule is CC(C)(C)OC(=O)N(CCCOS(=O)(=O)c1ccc(Br)cc1)CCOC1CCCCO1.CCN(CCOC1(OC)CCCCC1)CCOS(=O)(=O)c1c(C(C)C)cc(C(C)C)cc1C(C)C.COCOCCN(C)CCOS(=O)(=O)c1ccc(C(C)C)cc1. The fourth-order valence-electron chi connectivity index (χ4n) is 9.52. The third kappa shape index (κ3) is 29.8. The Morgan fingerprint density at radius 2 is 1.18 bits per heavy atom. The topological polar surface area (TPSA) is 222 Å². The lowest BCUT2D eigenvalue weighted by molar-refractivity contribution is -0.239. The van der Waals surface area contributed by atoms with E-state index in [0.29, 0.717) is 82.3 Å². The third-order valence-electron chi connectivity index (χ3n) is 14.9. The van der Waals surface area contributed by atoms with E-state index < -0.39 is 47.8 Å². The first-order valence-electron chi connectivity index (χ1n) is 31.5. The van der Waals surface area contributed by atoms with Gasteiger partial charge in [-0.15, -0.1) is 0 Å². The summed E-state index contributed by atoms with van der Waals surface area (Å²) in [5.41, 5.74) is 3.32. The highest BCUT2D eigenvalue weighted by atomic mass is 79.9. The van der Waals surface area contributed by atoms with Crippen LogP contribution in [0.4, 0.5) is 4.79 Å². The Balaban J connectivity index is 0.000000356. The first-order chi connectivity index (χ1) is 41.9. The predicted molar refractivity (Wildman–Crippen MR) is 351 cm³/mol. The monoisotopic (exact) mass is 1380 g/mol. The number of benzene rings is 3. The molecule has 3 aromatic rings. The summed E-state index contributed by atoms with van der Waals surface area (Å²) in [5, 5.41) is 0. The van der Waals surface area contributed by atoms with E-state index in [9.17, 15) is 30.0 Å². The molecule has 24 heteroatoms. The van der Waals surface area contributed by atoms with Gasteiger partial charge in [0.05, 0.1) is 49.4 Å². The van der Waals surface area contributed by atoms with E-state index in [2.05, 4.69) is 55.4 Å². The van der Waals surface area contributed by atoms with Crippen molar-refractivity contribution in [2.75, 3.05) is 120 Å². The van der Waals surface area contributed by atoms with Gasteiger partial charge in [-0.3, -0.25) is 17.4 Å². The van der Waals surface area contributed by atoms with E-state index in [4.69, 9.17) is 45.7 Å². The minimum Gasteiger partial charge on any atom is -0.444 e. The van der Waals surface area contributed by atoms with Gasteiger partial charge < -0.3 is 43.0 Å². The van der Waals surface area contributed by atoms with Gasteiger partial charge in [0, 0.05) is 77.4 Å². The van der Waals surface area contributed by atoms with Crippen molar-refractivity contribution in [2.24, 2.45) is 0 Å². The van der Waals surface area contributed by atoms with Crippen molar-refractivity contribution in [1.29, 1.82) is 0 Å². The predicted octanol–water partition coefficient (Wildman–Crippen LogP) is 12.8. The second-order valence-electron chi connectivity index (χ2n) is 24.6. The standard InChI is InChI=1S/C28H49NO5S.C21H32BrNO7S.C16H27NO5S/c1-9-29(15-17-33-28(32-8)13-11-10-12-14-28)16-18-34-35(30,31)27-25(22(4)5)19-24(21(2)3)20-26(27)23(6)7;1-21(2,3)30-20(24)23(13-16-28-19-7-4-5-14-27-19)12-6-15-29-31(25,26)18-10-8-17(22)9-11-18;1-14(2)15-5-7-16(8-6-15)23(18,19)22-12-10-17(3)9-11-21-13-20-4/h19-23H,9-18H2,1-8H3;8-11,19H,4-7,12-16H2,1-3H3;5-8,14H,9-13H2,1-4H3. The van der Waals surface area contributed by atoms with E-state index in [0.717, 1.165) is 72.7 Å². The minimum absolute atomic E-state index is 0.0513. The number of hydrogen-bond donors (Lipinski definition) is 0. The molecule has 5 rings (SSSR count). The van der Waals surface area contributed by atoms with Gasteiger partial charge in [-0.25, -0.2) is 4.79 Å². The highest BCUT2D eigenvalue weighted by Crippen LogP contribution is 2.36. The maximum Gasteiger partial charge on any atom is 0.410 e. The van der Waals surface area contributed by atoms with Crippen molar-refractivity contribution in [1.82, 2.24) is 14.7 Å². The van der Waals surface area contributed by atoms with Gasteiger partial charge in [0.2, 0.25) is 0 Å². The summed E-state index contributed by atoms with van der Waals surface area (Å²) in [6.07, 6.45) is 7.91. The van der Waals surface area contributed by atoms with Gasteiger partial charge in [-0.05, 0) is 155 Å². The van der Waals surface area contributed by atoms with E-state index in [1.165, 1.54) is 29.0 Å². The van der Waals surface area contributed by atoms with Crippen LogP contribution in [0.25, 0.3) is 0 Å². The van der Waals surface area contributed by atoms with Crippen molar-refractivity contribution in [3.05, 3.63) is 87.4 Å². The molecule has 1 aliphatic carbocycles. The van der Waals surface area contributed by atoms with Crippen molar-refractivity contribution in [2.45, 2.75) is 197 Å². The molecule has 0 spiro atoms. The number of nitrogens with zero attached hydrogens (tertiary/aromatic N) is 3. The number of amides is 1. The number of carbonyl (C=O) groups excluding carboxylic acids is 1. The molecule has 20 nitrogen and oxygen atoms in total. The van der Waals surface area contributed by atoms with Crippen LogP contribution in [0.5, 0.6) is 0 Å². The Hall–Kier alpha value is -3.18. The van der Waals surface area contributed by atoms with E-state index >= 15 is 0 Å². The zero-order valence-corrected chi connectivity index (χ0v) is 60.1. The molecule has 1 unspecified atom stereocenters. The highest BCUT2D eigenvalue weighted by Gasteiger charge is 2.33. The van der Waals surface area contributed by atoms with Crippen molar-refractivity contribution in [3.63, 3.8) is 0 Å². The van der Waals surface area contributed by atoms with Gasteiger partial charge in [-0.2, -0.15) is 25.3 Å². The molecule has 89 heavy (non-hydrogen) atoms. The molecule has 3 aromatic carbocycles. The number of rotatable bonds is 35. The first kappa shape index (κ1) is 80.1. The summed E-state index contributed by atoms with van der Waals surface area (Å²) in [5.74, 6) is 0.393. The van der Waals surface area contributed by atoms with Gasteiger partial charge >= 0.3 is 6.09 Å². The Kier molecular flexibility index (Phi) is 36.1. The maximum atomic E-state index is 13.5. The Morgan fingerprint density at radius 3 is 1.70 bits per heavy atom. The Labute approximate surface area is 544 Å². The zero-order valence-electron chi connectivity index (χ0n) is 56.0. The van der Waals surface area contributed by atoms with Crippen molar-refractivity contribution in [3.8, 4) is 0 Å². The van der Waals surface area contributed by atoms with Gasteiger partial charge in [-0.1, -0.05) is 109 Å². The molecule has 1 amide bonds. The highest BCUT2D eigenvalue weighted by molar-refractivity contribution is 9.10. The molecule has 0 radical (unpaired) electrons. The van der Waals surface area contributed by atoms with Gasteiger partial charge in [0.25, 0.3) is 30.4 Å². The number of halogens is 1. The molecule has 1 saturated heterocycles. The van der Waals surface area contributed by atoms with Crippen LogP contribution in [0.15, 0.2) is 79.8 Å². The molecule has 1 heterocycles. The van der Waals surface area contributed by atoms with Crippen molar-refractivity contribution < 1.29 is 75.8 Å². The molecule has 510 valence electrons. The van der Waals surface area contributed by atoms with Crippen LogP contribution in [-0.4, -0.2) is 184 Å². The smallest absolute Gasteiger partial charge is 0.410 e. The molecular weight excluding hydrogens is 1270 g/mol. The van der Waals surface area contributed by atoms with E-state index in [1.807, 2.05) is 63.9 Å². The molecule has 0 aromatic heterocycles. The van der Waals surface area contributed by atoms with Gasteiger partial charge in [0.15, 0.2) is 12.1 Å². The average Bonchev–Trinajstić information content (AvgIpc) is 3.38. The summed E-state index contributed by atoms with van der Waals surface area (Å²) in [4.78, 5) is 18.8. The summed E-state index contributed by atoms with van der Waals surface area (Å²) < 4.78 is 131. The van der Waals surface area contributed by atoms with Crippen LogP contribution in [0.3, 0.4) is 0 Å². The van der Waals surface area contributed by atoms with Crippen LogP contribution >= 0.6 is 15.9 Å². The van der Waals surface area contributed by atoms with Crippen LogP contribution in [-0.2, 0) is 76.1 Å². The normalized spacial score (nSPS) is 15.8. The van der Waals surface area contributed by atoms with Crippen LogP contribution < -0.4 is 0 Å². The van der Waals surface area contributed by atoms with Crippen LogP contribution in [0, 0.1) is 0 Å². The molecular formula is C65H108BrN3O17S3. The summed E-state index contributed by atoms with van der Waals surface area (Å²) in [7, 11) is -6.27. The first-order valence-corrected chi connectivity index (χ1v) is 36.5. The lowest BCUT2D eigenvalue weighted by Crippen LogP contribution is -2.40. The number of hydrogen-bond acceptors (Lipinski definition) is 19. The quantitative estimate of drug-likeness (QED) is 0.0303. The molecule has 1 saturated carbocycles. The lowest BCUT2D eigenvalue weighted by Gasteiger charge is -2.36. The Bertz CT molecular complexity index is 2790. The molecule has 2 fully saturated rings. The minimum atomic E-state index is -3.89. The fraction of sp³-hybridized carbons (Fsp3) is 0.708. The summed E-state index contributed by atoms with van der Waals surface area (Å²) in [6, 6.07) is 17.1. The largest absolute Gasteiger partial charge is 0.444 e.